The van der Waals surface area contributed by atoms with E-state index < -0.39 is 0 Å². The highest BCUT2D eigenvalue weighted by Gasteiger charge is 2.08. The predicted molar refractivity (Wildman–Crippen MR) is 76.8 cm³/mol. The Hall–Kier alpha value is -0.960. The fraction of sp³-hybridized carbons (Fsp3) is 0.500. The van der Waals surface area contributed by atoms with E-state index in [-0.39, 0.29) is 0 Å². The number of thiol groups is 1. The zero-order valence-electron chi connectivity index (χ0n) is 10.4. The Balaban J connectivity index is 2.30. The number of benzene rings is 1. The Labute approximate surface area is 108 Å². The van der Waals surface area contributed by atoms with E-state index in [2.05, 4.69) is 48.4 Å². The summed E-state index contributed by atoms with van der Waals surface area (Å²) in [5.74, 6) is 2.20. The molecule has 0 saturated heterocycles. The van der Waals surface area contributed by atoms with Crippen molar-refractivity contribution >= 4 is 23.7 Å². The molecule has 0 aliphatic carbocycles. The minimum absolute atomic E-state index is 0.968. The molecule has 0 aliphatic heterocycles. The fourth-order valence-electron chi connectivity index (χ4n) is 2.17. The van der Waals surface area contributed by atoms with E-state index >= 15 is 0 Å². The number of imidazole rings is 1. The van der Waals surface area contributed by atoms with Gasteiger partial charge < -0.3 is 4.57 Å². The average Bonchev–Trinajstić information content (AvgIpc) is 2.69. The molecule has 0 aliphatic rings. The second-order valence-corrected chi connectivity index (χ2v) is 4.80. The minimum atomic E-state index is 0.968. The van der Waals surface area contributed by atoms with E-state index in [9.17, 15) is 0 Å². The van der Waals surface area contributed by atoms with Crippen molar-refractivity contribution in [2.24, 2.45) is 0 Å². The van der Waals surface area contributed by atoms with Crippen LogP contribution in [0.15, 0.2) is 24.3 Å². The van der Waals surface area contributed by atoms with Crippen molar-refractivity contribution in [3.8, 4) is 0 Å². The van der Waals surface area contributed by atoms with Crippen molar-refractivity contribution in [2.45, 2.75) is 39.2 Å². The van der Waals surface area contributed by atoms with E-state index in [0.29, 0.717) is 0 Å². The molecule has 2 aromatic rings. The van der Waals surface area contributed by atoms with Gasteiger partial charge in [0.2, 0.25) is 0 Å². The number of hydrogen-bond acceptors (Lipinski definition) is 2. The van der Waals surface area contributed by atoms with Gasteiger partial charge in [0.25, 0.3) is 0 Å². The van der Waals surface area contributed by atoms with Crippen LogP contribution in [0.1, 0.15) is 32.0 Å². The van der Waals surface area contributed by atoms with Crippen LogP contribution in [0.4, 0.5) is 0 Å². The van der Waals surface area contributed by atoms with Gasteiger partial charge in [0, 0.05) is 13.0 Å². The molecule has 2 nitrogen and oxygen atoms in total. The highest BCUT2D eigenvalue weighted by atomic mass is 32.1. The van der Waals surface area contributed by atoms with Gasteiger partial charge in [0.05, 0.1) is 11.0 Å². The number of fused-ring (bicyclic) bond motifs is 1. The molecule has 0 bridgehead atoms. The summed E-state index contributed by atoms with van der Waals surface area (Å²) in [6.45, 7) is 3.27. The summed E-state index contributed by atoms with van der Waals surface area (Å²) >= 11 is 4.27. The first-order valence-electron chi connectivity index (χ1n) is 6.41. The van der Waals surface area contributed by atoms with E-state index in [4.69, 9.17) is 4.98 Å². The smallest absolute Gasteiger partial charge is 0.109 e. The average molecular weight is 248 g/mol. The first-order chi connectivity index (χ1) is 8.36. The quantitative estimate of drug-likeness (QED) is 0.609. The van der Waals surface area contributed by atoms with Crippen LogP contribution in [0.25, 0.3) is 11.0 Å². The number of aryl methyl sites for hydroxylation is 2. The van der Waals surface area contributed by atoms with E-state index in [0.717, 1.165) is 30.7 Å². The third kappa shape index (κ3) is 2.83. The molecule has 17 heavy (non-hydrogen) atoms. The summed E-state index contributed by atoms with van der Waals surface area (Å²) in [6, 6.07) is 8.42. The van der Waals surface area contributed by atoms with Gasteiger partial charge in [-0.15, -0.1) is 0 Å². The van der Waals surface area contributed by atoms with Gasteiger partial charge in [-0.2, -0.15) is 12.6 Å². The zero-order chi connectivity index (χ0) is 12.1. The summed E-state index contributed by atoms with van der Waals surface area (Å²) in [4.78, 5) is 4.73. The van der Waals surface area contributed by atoms with Crippen molar-refractivity contribution in [1.82, 2.24) is 9.55 Å². The first-order valence-corrected chi connectivity index (χ1v) is 7.05. The summed E-state index contributed by atoms with van der Waals surface area (Å²) < 4.78 is 2.38. The van der Waals surface area contributed by atoms with E-state index in [1.807, 2.05) is 0 Å². The number of nitrogens with zero attached hydrogens (tertiary/aromatic N) is 2. The Kier molecular flexibility index (Phi) is 4.49. The maximum absolute atomic E-state index is 4.73. The van der Waals surface area contributed by atoms with E-state index in [1.54, 1.807) is 0 Å². The SMILES string of the molecule is CCCc1nc2ccccc2n1CCCCS. The highest BCUT2D eigenvalue weighted by molar-refractivity contribution is 7.80. The van der Waals surface area contributed by atoms with Crippen LogP contribution in [0, 0.1) is 0 Å². The maximum atomic E-state index is 4.73. The monoisotopic (exact) mass is 248 g/mol. The molecule has 0 atom stereocenters. The molecule has 0 radical (unpaired) electrons. The Morgan fingerprint density at radius 3 is 2.82 bits per heavy atom. The Morgan fingerprint density at radius 1 is 1.24 bits per heavy atom. The number of hydrogen-bond donors (Lipinski definition) is 1. The number of unbranched alkanes of at least 4 members (excludes halogenated alkanes) is 1. The lowest BCUT2D eigenvalue weighted by Crippen LogP contribution is -2.04. The zero-order valence-corrected chi connectivity index (χ0v) is 11.3. The molecular weight excluding hydrogens is 228 g/mol. The third-order valence-electron chi connectivity index (χ3n) is 3.00. The molecule has 0 fully saturated rings. The van der Waals surface area contributed by atoms with Crippen LogP contribution in [-0.4, -0.2) is 15.3 Å². The predicted octanol–water partition coefficient (Wildman–Crippen LogP) is 3.70. The van der Waals surface area contributed by atoms with Crippen LogP contribution in [0.2, 0.25) is 0 Å². The van der Waals surface area contributed by atoms with Crippen molar-refractivity contribution in [3.05, 3.63) is 30.1 Å². The number of para-hydroxylation sites is 2. The van der Waals surface area contributed by atoms with Crippen LogP contribution in [-0.2, 0) is 13.0 Å². The largest absolute Gasteiger partial charge is 0.328 e. The molecule has 0 unspecified atom stereocenters. The topological polar surface area (TPSA) is 17.8 Å². The normalized spacial score (nSPS) is 11.2. The summed E-state index contributed by atoms with van der Waals surface area (Å²) in [5.41, 5.74) is 2.40. The van der Waals surface area contributed by atoms with E-state index in [1.165, 1.54) is 24.2 Å². The molecular formula is C14H20N2S. The van der Waals surface area contributed by atoms with Crippen LogP contribution in [0.3, 0.4) is 0 Å². The second-order valence-electron chi connectivity index (χ2n) is 4.35. The molecule has 3 heteroatoms. The summed E-state index contributed by atoms with van der Waals surface area (Å²) in [6.07, 6.45) is 4.56. The number of aromatic nitrogens is 2. The lowest BCUT2D eigenvalue weighted by atomic mass is 10.3. The van der Waals surface area contributed by atoms with Crippen molar-refractivity contribution in [1.29, 1.82) is 0 Å². The fourth-order valence-corrected chi connectivity index (χ4v) is 2.39. The molecule has 0 amide bonds. The Morgan fingerprint density at radius 2 is 2.06 bits per heavy atom. The lowest BCUT2D eigenvalue weighted by Gasteiger charge is -2.07. The van der Waals surface area contributed by atoms with Gasteiger partial charge in [-0.25, -0.2) is 4.98 Å². The Bertz CT molecular complexity index is 476. The standard InChI is InChI=1S/C14H20N2S/c1-2-7-14-15-12-8-3-4-9-13(12)16(14)10-5-6-11-17/h3-4,8-9,17H,2,5-7,10-11H2,1H3. The lowest BCUT2D eigenvalue weighted by molar-refractivity contribution is 0.614. The van der Waals surface area contributed by atoms with Crippen molar-refractivity contribution < 1.29 is 0 Å². The minimum Gasteiger partial charge on any atom is -0.328 e. The van der Waals surface area contributed by atoms with Gasteiger partial charge in [0.15, 0.2) is 0 Å². The second kappa shape index (κ2) is 6.10. The van der Waals surface area contributed by atoms with Gasteiger partial charge in [-0.1, -0.05) is 19.1 Å². The molecule has 92 valence electrons. The summed E-state index contributed by atoms with van der Waals surface area (Å²) in [7, 11) is 0. The van der Waals surface area contributed by atoms with Gasteiger partial charge >= 0.3 is 0 Å². The third-order valence-corrected chi connectivity index (χ3v) is 3.31. The molecule has 0 saturated carbocycles. The first kappa shape index (κ1) is 12.5. The van der Waals surface area contributed by atoms with Gasteiger partial charge in [-0.05, 0) is 37.1 Å². The molecule has 0 spiro atoms. The molecule has 2 rings (SSSR count). The maximum Gasteiger partial charge on any atom is 0.109 e. The summed E-state index contributed by atoms with van der Waals surface area (Å²) in [5, 5.41) is 0. The van der Waals surface area contributed by atoms with Crippen LogP contribution in [0.5, 0.6) is 0 Å². The highest BCUT2D eigenvalue weighted by Crippen LogP contribution is 2.18. The molecule has 1 heterocycles. The molecule has 1 aromatic heterocycles. The van der Waals surface area contributed by atoms with Crippen molar-refractivity contribution in [2.75, 3.05) is 5.75 Å². The van der Waals surface area contributed by atoms with Crippen molar-refractivity contribution in [3.63, 3.8) is 0 Å². The van der Waals surface area contributed by atoms with Crippen LogP contribution < -0.4 is 0 Å². The van der Waals surface area contributed by atoms with Gasteiger partial charge in [0.1, 0.15) is 5.82 Å². The van der Waals surface area contributed by atoms with Gasteiger partial charge in [-0.3, -0.25) is 0 Å². The molecule has 0 N–H and O–H groups in total. The van der Waals surface area contributed by atoms with Crippen LogP contribution >= 0.6 is 12.6 Å². The molecule has 1 aromatic carbocycles. The number of rotatable bonds is 6.